The molecule has 2 aromatic carbocycles. The molecule has 0 aliphatic heterocycles. The fourth-order valence-corrected chi connectivity index (χ4v) is 3.11. The summed E-state index contributed by atoms with van der Waals surface area (Å²) in [5.41, 5.74) is 2.52. The first kappa shape index (κ1) is 14.7. The lowest BCUT2D eigenvalue weighted by Crippen LogP contribution is -2.27. The fraction of sp³-hybridized carbons (Fsp3) is 0.111. The molecule has 1 N–H and O–H groups in total. The highest BCUT2D eigenvalue weighted by molar-refractivity contribution is 9.10. The van der Waals surface area contributed by atoms with Gasteiger partial charge in [-0.1, -0.05) is 46.3 Å². The zero-order valence-electron chi connectivity index (χ0n) is 12.1. The molecule has 0 aliphatic rings. The van der Waals surface area contributed by atoms with Gasteiger partial charge in [-0.3, -0.25) is 9.78 Å². The number of nitrogens with one attached hydrogen (secondary N) is 1. The van der Waals surface area contributed by atoms with Crippen molar-refractivity contribution in [1.82, 2.24) is 10.3 Å². The molecule has 1 heterocycles. The molecule has 1 amide bonds. The highest BCUT2D eigenvalue weighted by atomic mass is 79.9. The largest absolute Gasteiger partial charge is 0.345 e. The molecule has 1 aromatic heterocycles. The Bertz CT molecular complexity index is 827. The van der Waals surface area contributed by atoms with E-state index in [0.29, 0.717) is 5.56 Å². The van der Waals surface area contributed by atoms with Crippen LogP contribution in [0.1, 0.15) is 28.9 Å². The minimum atomic E-state index is -0.0955. The summed E-state index contributed by atoms with van der Waals surface area (Å²) in [5, 5.41) is 3.91. The molecule has 0 aliphatic carbocycles. The van der Waals surface area contributed by atoms with E-state index in [1.54, 1.807) is 6.20 Å². The molecular weight excluding hydrogens is 340 g/mol. The van der Waals surface area contributed by atoms with Crippen LogP contribution in [0, 0.1) is 0 Å². The Morgan fingerprint density at radius 3 is 2.73 bits per heavy atom. The Morgan fingerprint density at radius 1 is 1.09 bits per heavy atom. The summed E-state index contributed by atoms with van der Waals surface area (Å²) in [4.78, 5) is 16.9. The Labute approximate surface area is 137 Å². The van der Waals surface area contributed by atoms with Crippen molar-refractivity contribution in [3.05, 3.63) is 76.4 Å². The molecule has 0 saturated carbocycles. The van der Waals surface area contributed by atoms with Crippen molar-refractivity contribution in [2.24, 2.45) is 0 Å². The van der Waals surface area contributed by atoms with E-state index < -0.39 is 0 Å². The summed E-state index contributed by atoms with van der Waals surface area (Å²) in [6.45, 7) is 1.97. The van der Waals surface area contributed by atoms with Crippen LogP contribution in [0.2, 0.25) is 0 Å². The number of hydrogen-bond donors (Lipinski definition) is 1. The minimum Gasteiger partial charge on any atom is -0.345 e. The number of pyridine rings is 1. The number of nitrogens with zero attached hydrogens (tertiary/aromatic N) is 1. The number of amides is 1. The summed E-state index contributed by atoms with van der Waals surface area (Å²) in [5.74, 6) is -0.0955. The van der Waals surface area contributed by atoms with Gasteiger partial charge in [-0.05, 0) is 36.8 Å². The summed E-state index contributed by atoms with van der Waals surface area (Å²) in [6.07, 6.45) is 1.73. The first-order chi connectivity index (χ1) is 10.7. The molecule has 0 radical (unpaired) electrons. The Balaban J connectivity index is 1.89. The molecule has 3 rings (SSSR count). The van der Waals surface area contributed by atoms with Crippen LogP contribution < -0.4 is 5.32 Å². The van der Waals surface area contributed by atoms with Crippen molar-refractivity contribution >= 4 is 32.7 Å². The van der Waals surface area contributed by atoms with Gasteiger partial charge in [-0.2, -0.15) is 0 Å². The third-order valence-electron chi connectivity index (χ3n) is 3.61. The van der Waals surface area contributed by atoms with E-state index >= 15 is 0 Å². The van der Waals surface area contributed by atoms with Gasteiger partial charge in [0.15, 0.2) is 0 Å². The van der Waals surface area contributed by atoms with E-state index in [2.05, 4.69) is 26.2 Å². The molecule has 4 heteroatoms. The van der Waals surface area contributed by atoms with Crippen LogP contribution >= 0.6 is 15.9 Å². The molecule has 0 spiro atoms. The van der Waals surface area contributed by atoms with Gasteiger partial charge in [0, 0.05) is 21.6 Å². The van der Waals surface area contributed by atoms with E-state index in [-0.39, 0.29) is 11.9 Å². The second kappa shape index (κ2) is 6.28. The van der Waals surface area contributed by atoms with Gasteiger partial charge in [-0.15, -0.1) is 0 Å². The molecule has 3 aromatic rings. The molecule has 1 atom stereocenters. The Hall–Kier alpha value is -2.20. The first-order valence-electron chi connectivity index (χ1n) is 7.06. The van der Waals surface area contributed by atoms with Gasteiger partial charge in [0.05, 0.1) is 11.6 Å². The smallest absolute Gasteiger partial charge is 0.252 e. The average Bonchev–Trinajstić information content (AvgIpc) is 2.54. The van der Waals surface area contributed by atoms with Gasteiger partial charge in [0.1, 0.15) is 0 Å². The van der Waals surface area contributed by atoms with E-state index in [9.17, 15) is 4.79 Å². The summed E-state index contributed by atoms with van der Waals surface area (Å²) < 4.78 is 0.988. The number of carbonyl (C=O) groups excluding carboxylic acids is 1. The van der Waals surface area contributed by atoms with Gasteiger partial charge >= 0.3 is 0 Å². The maximum atomic E-state index is 12.6. The molecule has 110 valence electrons. The highest BCUT2D eigenvalue weighted by Crippen LogP contribution is 2.24. The number of benzene rings is 2. The zero-order valence-corrected chi connectivity index (χ0v) is 13.7. The van der Waals surface area contributed by atoms with Gasteiger partial charge < -0.3 is 5.32 Å². The van der Waals surface area contributed by atoms with Crippen LogP contribution in [0.25, 0.3) is 10.9 Å². The summed E-state index contributed by atoms with van der Waals surface area (Å²) >= 11 is 3.52. The molecule has 0 fully saturated rings. The van der Waals surface area contributed by atoms with Crippen LogP contribution in [0.5, 0.6) is 0 Å². The lowest BCUT2D eigenvalue weighted by atomic mass is 10.1. The minimum absolute atomic E-state index is 0.0880. The summed E-state index contributed by atoms with van der Waals surface area (Å²) in [7, 11) is 0. The van der Waals surface area contributed by atoms with E-state index in [1.165, 1.54) is 0 Å². The van der Waals surface area contributed by atoms with E-state index in [4.69, 9.17) is 0 Å². The molecule has 3 nitrogen and oxygen atoms in total. The Kier molecular flexibility index (Phi) is 4.20. The predicted molar refractivity (Wildman–Crippen MR) is 91.8 cm³/mol. The van der Waals surface area contributed by atoms with E-state index in [0.717, 1.165) is 20.9 Å². The predicted octanol–water partition coefficient (Wildman–Crippen LogP) is 4.49. The van der Waals surface area contributed by atoms with Crippen LogP contribution in [-0.4, -0.2) is 10.9 Å². The number of carbonyl (C=O) groups is 1. The maximum Gasteiger partial charge on any atom is 0.252 e. The van der Waals surface area contributed by atoms with Crippen LogP contribution in [0.3, 0.4) is 0 Å². The molecule has 22 heavy (non-hydrogen) atoms. The second-order valence-electron chi connectivity index (χ2n) is 5.09. The van der Waals surface area contributed by atoms with E-state index in [1.807, 2.05) is 61.5 Å². The van der Waals surface area contributed by atoms with Crippen molar-refractivity contribution < 1.29 is 4.79 Å². The van der Waals surface area contributed by atoms with Crippen molar-refractivity contribution in [3.63, 3.8) is 0 Å². The quantitative estimate of drug-likeness (QED) is 0.752. The van der Waals surface area contributed by atoms with Gasteiger partial charge in [-0.25, -0.2) is 0 Å². The van der Waals surface area contributed by atoms with Crippen molar-refractivity contribution in [1.29, 1.82) is 0 Å². The van der Waals surface area contributed by atoms with Crippen molar-refractivity contribution in [2.45, 2.75) is 13.0 Å². The SMILES string of the molecule is C[C@@H](NC(=O)c1cccc2ncccc12)c1ccccc1Br. The number of aromatic nitrogens is 1. The van der Waals surface area contributed by atoms with Gasteiger partial charge in [0.2, 0.25) is 0 Å². The summed E-state index contributed by atoms with van der Waals surface area (Å²) in [6, 6.07) is 17.2. The fourth-order valence-electron chi connectivity index (χ4n) is 2.48. The third kappa shape index (κ3) is 2.88. The topological polar surface area (TPSA) is 42.0 Å². The number of rotatable bonds is 3. The standard InChI is InChI=1S/C18H15BrN2O/c1-12(13-6-2-3-9-16(13)19)21-18(22)15-7-4-10-17-14(15)8-5-11-20-17/h2-12H,1H3,(H,21,22)/t12-/m1/s1. The number of hydrogen-bond acceptors (Lipinski definition) is 2. The molecule has 0 bridgehead atoms. The molecule has 0 unspecified atom stereocenters. The molecule has 0 saturated heterocycles. The second-order valence-corrected chi connectivity index (χ2v) is 5.95. The highest BCUT2D eigenvalue weighted by Gasteiger charge is 2.15. The third-order valence-corrected chi connectivity index (χ3v) is 4.33. The van der Waals surface area contributed by atoms with Crippen LogP contribution in [0.4, 0.5) is 0 Å². The lowest BCUT2D eigenvalue weighted by molar-refractivity contribution is 0.0941. The first-order valence-corrected chi connectivity index (χ1v) is 7.85. The average molecular weight is 355 g/mol. The number of halogens is 1. The zero-order chi connectivity index (χ0) is 15.5. The Morgan fingerprint density at radius 2 is 1.91 bits per heavy atom. The number of fused-ring (bicyclic) bond motifs is 1. The monoisotopic (exact) mass is 354 g/mol. The van der Waals surface area contributed by atoms with Crippen molar-refractivity contribution in [2.75, 3.05) is 0 Å². The molecular formula is C18H15BrN2O. The van der Waals surface area contributed by atoms with Gasteiger partial charge in [0.25, 0.3) is 5.91 Å². The van der Waals surface area contributed by atoms with Crippen LogP contribution in [0.15, 0.2) is 65.3 Å². The lowest BCUT2D eigenvalue weighted by Gasteiger charge is -2.16. The maximum absolute atomic E-state index is 12.6. The van der Waals surface area contributed by atoms with Crippen LogP contribution in [-0.2, 0) is 0 Å². The van der Waals surface area contributed by atoms with Crippen molar-refractivity contribution in [3.8, 4) is 0 Å². The normalized spacial score (nSPS) is 12.1.